The fourth-order valence-corrected chi connectivity index (χ4v) is 4.36. The summed E-state index contributed by atoms with van der Waals surface area (Å²) in [4.78, 5) is 14.6. The second kappa shape index (κ2) is 8.02. The number of likely N-dealkylation sites (tertiary alicyclic amines) is 1. The smallest absolute Gasteiger partial charge is 0.251 e. The maximum atomic E-state index is 13.5. The zero-order valence-corrected chi connectivity index (χ0v) is 16.1. The molecule has 0 radical (unpaired) electrons. The molecule has 4 rings (SSSR count). The molecule has 1 aliphatic heterocycles. The Morgan fingerprint density at radius 3 is 2.68 bits per heavy atom. The van der Waals surface area contributed by atoms with E-state index in [-0.39, 0.29) is 11.7 Å². The highest BCUT2D eigenvalue weighted by atomic mass is 19.1. The van der Waals surface area contributed by atoms with Gasteiger partial charge in [-0.15, -0.1) is 0 Å². The molecule has 28 heavy (non-hydrogen) atoms. The first-order valence-electron chi connectivity index (χ1n) is 10.1. The Morgan fingerprint density at radius 1 is 1.11 bits per heavy atom. The van der Waals surface area contributed by atoms with Gasteiger partial charge in [0.15, 0.2) is 0 Å². The molecule has 2 aromatic rings. The van der Waals surface area contributed by atoms with Crippen molar-refractivity contribution in [1.82, 2.24) is 10.2 Å². The third-order valence-electron chi connectivity index (χ3n) is 6.12. The maximum Gasteiger partial charge on any atom is 0.251 e. The number of nitrogens with zero attached hydrogens (tertiary/aromatic N) is 1. The zero-order chi connectivity index (χ0) is 19.6. The molecule has 2 N–H and O–H groups in total. The number of nitrogens with one attached hydrogen (secondary N) is 1. The lowest BCUT2D eigenvalue weighted by Crippen LogP contribution is -2.45. The van der Waals surface area contributed by atoms with E-state index in [1.165, 1.54) is 29.7 Å². The molecule has 1 amide bonds. The molecule has 0 bridgehead atoms. The van der Waals surface area contributed by atoms with Gasteiger partial charge in [0, 0.05) is 31.7 Å². The molecule has 0 saturated carbocycles. The molecule has 1 saturated heterocycles. The van der Waals surface area contributed by atoms with E-state index >= 15 is 0 Å². The van der Waals surface area contributed by atoms with Crippen LogP contribution in [0.1, 0.15) is 46.3 Å². The van der Waals surface area contributed by atoms with E-state index in [2.05, 4.69) is 16.3 Å². The Bertz CT molecular complexity index is 859. The van der Waals surface area contributed by atoms with Crippen LogP contribution in [-0.2, 0) is 18.4 Å². The first kappa shape index (κ1) is 19.1. The molecule has 0 aromatic heterocycles. The van der Waals surface area contributed by atoms with Gasteiger partial charge in [-0.2, -0.15) is 0 Å². The predicted octanol–water partition coefficient (Wildman–Crippen LogP) is 3.03. The third kappa shape index (κ3) is 4.10. The van der Waals surface area contributed by atoms with Gasteiger partial charge in [-0.1, -0.05) is 18.2 Å². The minimum atomic E-state index is -0.966. The highest BCUT2D eigenvalue weighted by Crippen LogP contribution is 2.32. The Balaban J connectivity index is 1.25. The van der Waals surface area contributed by atoms with Gasteiger partial charge in [-0.25, -0.2) is 4.39 Å². The number of aryl methyl sites for hydroxylation is 2. The van der Waals surface area contributed by atoms with Crippen molar-refractivity contribution in [3.8, 4) is 0 Å². The SMILES string of the molecule is O=C(NCCN1CCC(O)(c2cccc(F)c2)CC1)c1ccc2c(c1)CCC2. The van der Waals surface area contributed by atoms with Crippen molar-refractivity contribution in [3.05, 3.63) is 70.5 Å². The number of aliphatic hydroxyl groups is 1. The van der Waals surface area contributed by atoms with E-state index in [0.29, 0.717) is 24.9 Å². The van der Waals surface area contributed by atoms with Gasteiger partial charge in [-0.05, 0) is 73.1 Å². The van der Waals surface area contributed by atoms with Gasteiger partial charge < -0.3 is 15.3 Å². The molecule has 148 valence electrons. The Morgan fingerprint density at radius 2 is 1.89 bits per heavy atom. The topological polar surface area (TPSA) is 52.6 Å². The van der Waals surface area contributed by atoms with E-state index in [0.717, 1.165) is 38.0 Å². The highest BCUT2D eigenvalue weighted by Gasteiger charge is 2.34. The molecule has 1 aliphatic carbocycles. The van der Waals surface area contributed by atoms with Crippen molar-refractivity contribution in [2.75, 3.05) is 26.2 Å². The number of hydrogen-bond acceptors (Lipinski definition) is 3. The molecule has 0 atom stereocenters. The largest absolute Gasteiger partial charge is 0.385 e. The fraction of sp³-hybridized carbons (Fsp3) is 0.435. The third-order valence-corrected chi connectivity index (χ3v) is 6.12. The van der Waals surface area contributed by atoms with Crippen molar-refractivity contribution in [2.45, 2.75) is 37.7 Å². The van der Waals surface area contributed by atoms with Gasteiger partial charge in [0.05, 0.1) is 5.60 Å². The van der Waals surface area contributed by atoms with Crippen molar-refractivity contribution >= 4 is 5.91 Å². The second-order valence-electron chi connectivity index (χ2n) is 7.98. The van der Waals surface area contributed by atoms with Crippen LogP contribution in [0.2, 0.25) is 0 Å². The Kier molecular flexibility index (Phi) is 5.47. The average molecular weight is 382 g/mol. The summed E-state index contributed by atoms with van der Waals surface area (Å²) in [5.74, 6) is -0.342. The second-order valence-corrected chi connectivity index (χ2v) is 7.98. The van der Waals surface area contributed by atoms with Crippen LogP contribution in [0, 0.1) is 5.82 Å². The summed E-state index contributed by atoms with van der Waals surface area (Å²) in [6, 6.07) is 12.3. The van der Waals surface area contributed by atoms with Gasteiger partial charge in [0.25, 0.3) is 5.91 Å². The summed E-state index contributed by atoms with van der Waals surface area (Å²) in [5, 5.41) is 13.9. The minimum absolute atomic E-state index is 0.0250. The van der Waals surface area contributed by atoms with Gasteiger partial charge in [-0.3, -0.25) is 4.79 Å². The number of rotatable bonds is 5. The van der Waals surface area contributed by atoms with E-state index in [1.54, 1.807) is 12.1 Å². The summed E-state index contributed by atoms with van der Waals surface area (Å²) in [7, 11) is 0. The van der Waals surface area contributed by atoms with E-state index in [1.807, 2.05) is 12.1 Å². The van der Waals surface area contributed by atoms with Gasteiger partial charge >= 0.3 is 0 Å². The molecule has 5 heteroatoms. The van der Waals surface area contributed by atoms with Crippen LogP contribution in [0.5, 0.6) is 0 Å². The molecule has 0 spiro atoms. The van der Waals surface area contributed by atoms with Crippen LogP contribution < -0.4 is 5.32 Å². The molecular weight excluding hydrogens is 355 g/mol. The number of fused-ring (bicyclic) bond motifs is 1. The Labute approximate surface area is 165 Å². The van der Waals surface area contributed by atoms with Crippen molar-refractivity contribution in [2.24, 2.45) is 0 Å². The molecular formula is C23H27FN2O2. The molecule has 2 aromatic carbocycles. The van der Waals surface area contributed by atoms with Crippen LogP contribution in [0.15, 0.2) is 42.5 Å². The predicted molar refractivity (Wildman–Crippen MR) is 107 cm³/mol. The van der Waals surface area contributed by atoms with Gasteiger partial charge in [0.2, 0.25) is 0 Å². The van der Waals surface area contributed by atoms with Crippen molar-refractivity contribution in [1.29, 1.82) is 0 Å². The van der Waals surface area contributed by atoms with Crippen LogP contribution in [0.3, 0.4) is 0 Å². The monoisotopic (exact) mass is 382 g/mol. The van der Waals surface area contributed by atoms with Crippen LogP contribution in [0.4, 0.5) is 4.39 Å². The Hall–Kier alpha value is -2.24. The normalized spacial score (nSPS) is 18.6. The lowest BCUT2D eigenvalue weighted by Gasteiger charge is -2.38. The standard InChI is InChI=1S/C23H27FN2O2/c24-21-6-2-5-20(16-21)23(28)9-12-26(13-10-23)14-11-25-22(27)19-8-7-17-3-1-4-18(17)15-19/h2,5-8,15-16,28H,1,3-4,9-14H2,(H,25,27). The quantitative estimate of drug-likeness (QED) is 0.836. The summed E-state index contributed by atoms with van der Waals surface area (Å²) >= 11 is 0. The lowest BCUT2D eigenvalue weighted by molar-refractivity contribution is -0.0257. The number of benzene rings is 2. The highest BCUT2D eigenvalue weighted by molar-refractivity contribution is 5.94. The number of carbonyl (C=O) groups is 1. The van der Waals surface area contributed by atoms with Crippen LogP contribution in [-0.4, -0.2) is 42.1 Å². The minimum Gasteiger partial charge on any atom is -0.385 e. The first-order valence-corrected chi connectivity index (χ1v) is 10.1. The fourth-order valence-electron chi connectivity index (χ4n) is 4.36. The number of amides is 1. The number of hydrogen-bond donors (Lipinski definition) is 2. The lowest BCUT2D eigenvalue weighted by atomic mass is 9.84. The van der Waals surface area contributed by atoms with Crippen molar-refractivity contribution < 1.29 is 14.3 Å². The van der Waals surface area contributed by atoms with E-state index in [4.69, 9.17) is 0 Å². The maximum absolute atomic E-state index is 13.5. The molecule has 1 heterocycles. The van der Waals surface area contributed by atoms with Gasteiger partial charge in [0.1, 0.15) is 5.82 Å². The average Bonchev–Trinajstić information content (AvgIpc) is 3.17. The number of carbonyl (C=O) groups excluding carboxylic acids is 1. The molecule has 4 nitrogen and oxygen atoms in total. The van der Waals surface area contributed by atoms with E-state index < -0.39 is 5.60 Å². The first-order chi connectivity index (χ1) is 13.5. The molecule has 1 fully saturated rings. The summed E-state index contributed by atoms with van der Waals surface area (Å²) in [6.07, 6.45) is 4.49. The molecule has 2 aliphatic rings. The number of piperidine rings is 1. The summed E-state index contributed by atoms with van der Waals surface area (Å²) in [5.41, 5.74) is 3.10. The van der Waals surface area contributed by atoms with Crippen LogP contribution in [0.25, 0.3) is 0 Å². The molecule has 0 unspecified atom stereocenters. The summed E-state index contributed by atoms with van der Waals surface area (Å²) < 4.78 is 13.5. The van der Waals surface area contributed by atoms with E-state index in [9.17, 15) is 14.3 Å². The summed E-state index contributed by atoms with van der Waals surface area (Å²) in [6.45, 7) is 2.77. The zero-order valence-electron chi connectivity index (χ0n) is 16.1. The van der Waals surface area contributed by atoms with Crippen LogP contribution >= 0.6 is 0 Å². The van der Waals surface area contributed by atoms with Crippen molar-refractivity contribution in [3.63, 3.8) is 0 Å². The number of halogens is 1.